The van der Waals surface area contributed by atoms with Gasteiger partial charge in [0.1, 0.15) is 11.5 Å². The average molecular weight is 541 g/mol. The minimum atomic E-state index is -0.579. The quantitative estimate of drug-likeness (QED) is 0.0975. The van der Waals surface area contributed by atoms with Crippen molar-refractivity contribution in [1.29, 1.82) is 0 Å². The van der Waals surface area contributed by atoms with E-state index in [9.17, 15) is 14.4 Å². The summed E-state index contributed by atoms with van der Waals surface area (Å²) in [6.07, 6.45) is 1.66. The summed E-state index contributed by atoms with van der Waals surface area (Å²) in [6.45, 7) is 5.92. The van der Waals surface area contributed by atoms with E-state index in [1.165, 1.54) is 25.3 Å². The molecule has 4 aromatic carbocycles. The van der Waals surface area contributed by atoms with E-state index in [0.717, 1.165) is 22.4 Å². The van der Waals surface area contributed by atoms with Crippen molar-refractivity contribution in [3.8, 4) is 23.0 Å². The molecule has 204 valence electrons. The van der Waals surface area contributed by atoms with E-state index in [1.54, 1.807) is 36.4 Å². The zero-order valence-corrected chi connectivity index (χ0v) is 22.2. The fourth-order valence-electron chi connectivity index (χ4n) is 3.73. The number of aryl methyl sites for hydroxylation is 1. The molecule has 0 atom stereocenters. The van der Waals surface area contributed by atoms with Crippen LogP contribution >= 0.6 is 0 Å². The lowest BCUT2D eigenvalue weighted by molar-refractivity contribution is -0.137. The standard InChI is InChI=1S/C32H28O8/c1-4-30(33)38-17-5-16-37-27-14-10-22-18-24(9-8-23(22)19-27)32(35)40-28-15-11-25(20-29(28)36-3)31(34)39-26-12-6-21(2)7-13-26/h4,6-15,18-20H,1,5,16-17H2,2-3H3. The Bertz CT molecular complexity index is 1540. The van der Waals surface area contributed by atoms with E-state index < -0.39 is 17.9 Å². The zero-order valence-electron chi connectivity index (χ0n) is 22.2. The van der Waals surface area contributed by atoms with Gasteiger partial charge in [-0.25, -0.2) is 14.4 Å². The lowest BCUT2D eigenvalue weighted by atomic mass is 10.1. The normalized spacial score (nSPS) is 10.4. The maximum absolute atomic E-state index is 12.9. The molecule has 8 nitrogen and oxygen atoms in total. The Kier molecular flexibility index (Phi) is 9.15. The van der Waals surface area contributed by atoms with Crippen LogP contribution in [0.3, 0.4) is 0 Å². The third-order valence-corrected chi connectivity index (χ3v) is 5.85. The van der Waals surface area contributed by atoms with Crippen LogP contribution in [0, 0.1) is 6.92 Å². The van der Waals surface area contributed by atoms with E-state index in [0.29, 0.717) is 30.1 Å². The lowest BCUT2D eigenvalue weighted by Crippen LogP contribution is -2.11. The molecule has 0 aromatic heterocycles. The van der Waals surface area contributed by atoms with Gasteiger partial charge in [0.15, 0.2) is 11.5 Å². The largest absolute Gasteiger partial charge is 0.493 e. The Hall–Kier alpha value is -5.11. The van der Waals surface area contributed by atoms with Gasteiger partial charge in [0, 0.05) is 12.5 Å². The number of hydrogen-bond donors (Lipinski definition) is 0. The van der Waals surface area contributed by atoms with E-state index in [-0.39, 0.29) is 23.7 Å². The number of methoxy groups -OCH3 is 1. The highest BCUT2D eigenvalue weighted by Gasteiger charge is 2.17. The van der Waals surface area contributed by atoms with Gasteiger partial charge in [-0.1, -0.05) is 36.4 Å². The molecule has 0 fully saturated rings. The lowest BCUT2D eigenvalue weighted by Gasteiger charge is -2.12. The van der Waals surface area contributed by atoms with Crippen LogP contribution in [0.1, 0.15) is 32.7 Å². The van der Waals surface area contributed by atoms with Gasteiger partial charge in [-0.15, -0.1) is 0 Å². The predicted octanol–water partition coefficient (Wildman–Crippen LogP) is 6.09. The van der Waals surface area contributed by atoms with Gasteiger partial charge >= 0.3 is 17.9 Å². The molecule has 0 aliphatic rings. The molecule has 0 aliphatic heterocycles. The highest BCUT2D eigenvalue weighted by molar-refractivity contribution is 5.97. The number of benzene rings is 4. The maximum Gasteiger partial charge on any atom is 0.343 e. The van der Waals surface area contributed by atoms with E-state index >= 15 is 0 Å². The molecular formula is C32H28O8. The van der Waals surface area contributed by atoms with Crippen molar-refractivity contribution in [3.05, 3.63) is 108 Å². The van der Waals surface area contributed by atoms with Crippen molar-refractivity contribution in [2.24, 2.45) is 0 Å². The highest BCUT2D eigenvalue weighted by Crippen LogP contribution is 2.30. The Labute approximate surface area is 231 Å². The van der Waals surface area contributed by atoms with Crippen LogP contribution in [0.2, 0.25) is 0 Å². The van der Waals surface area contributed by atoms with Crippen molar-refractivity contribution in [3.63, 3.8) is 0 Å². The molecule has 0 bridgehead atoms. The fraction of sp³-hybridized carbons (Fsp3) is 0.156. The van der Waals surface area contributed by atoms with E-state index in [2.05, 4.69) is 6.58 Å². The van der Waals surface area contributed by atoms with Gasteiger partial charge in [0.05, 0.1) is 31.5 Å². The first-order chi connectivity index (χ1) is 19.4. The van der Waals surface area contributed by atoms with Gasteiger partial charge in [-0.3, -0.25) is 0 Å². The van der Waals surface area contributed by atoms with Gasteiger partial charge < -0.3 is 23.7 Å². The second-order valence-corrected chi connectivity index (χ2v) is 8.76. The number of hydrogen-bond acceptors (Lipinski definition) is 8. The molecule has 8 heteroatoms. The molecular weight excluding hydrogens is 512 g/mol. The number of fused-ring (bicyclic) bond motifs is 1. The Morgan fingerprint density at radius 2 is 1.38 bits per heavy atom. The summed E-state index contributed by atoms with van der Waals surface area (Å²) in [5.74, 6) is -0.140. The van der Waals surface area contributed by atoms with Gasteiger partial charge in [0.2, 0.25) is 0 Å². The topological polar surface area (TPSA) is 97.4 Å². The number of rotatable bonds is 11. The summed E-state index contributed by atoms with van der Waals surface area (Å²) >= 11 is 0. The SMILES string of the molecule is C=CC(=O)OCCCOc1ccc2cc(C(=O)Oc3ccc(C(=O)Oc4ccc(C)cc4)cc3OC)ccc2c1. The van der Waals surface area contributed by atoms with Crippen LogP contribution in [-0.4, -0.2) is 38.2 Å². The van der Waals surface area contributed by atoms with Crippen LogP contribution in [0.4, 0.5) is 0 Å². The summed E-state index contributed by atoms with van der Waals surface area (Å²) in [5, 5.41) is 1.70. The summed E-state index contributed by atoms with van der Waals surface area (Å²) in [5.41, 5.74) is 1.64. The first-order valence-electron chi connectivity index (χ1n) is 12.5. The molecule has 0 amide bonds. The first-order valence-corrected chi connectivity index (χ1v) is 12.5. The summed E-state index contributed by atoms with van der Waals surface area (Å²) in [4.78, 5) is 36.6. The average Bonchev–Trinajstić information content (AvgIpc) is 2.97. The fourth-order valence-corrected chi connectivity index (χ4v) is 3.73. The molecule has 4 rings (SSSR count). The first kappa shape index (κ1) is 27.9. The monoisotopic (exact) mass is 540 g/mol. The van der Waals surface area contributed by atoms with E-state index in [4.69, 9.17) is 23.7 Å². The molecule has 0 spiro atoms. The number of carbonyl (C=O) groups excluding carboxylic acids is 3. The minimum absolute atomic E-state index is 0.169. The second-order valence-electron chi connectivity index (χ2n) is 8.76. The number of carbonyl (C=O) groups is 3. The van der Waals surface area contributed by atoms with Crippen LogP contribution in [0.15, 0.2) is 91.5 Å². The number of esters is 3. The molecule has 0 unspecified atom stereocenters. The van der Waals surface area contributed by atoms with Crippen molar-refractivity contribution < 1.29 is 38.1 Å². The predicted molar refractivity (Wildman–Crippen MR) is 149 cm³/mol. The second kappa shape index (κ2) is 13.1. The van der Waals surface area contributed by atoms with Crippen LogP contribution in [-0.2, 0) is 9.53 Å². The van der Waals surface area contributed by atoms with Crippen molar-refractivity contribution in [1.82, 2.24) is 0 Å². The smallest absolute Gasteiger partial charge is 0.343 e. The Morgan fingerprint density at radius 1 is 0.725 bits per heavy atom. The third kappa shape index (κ3) is 7.26. The van der Waals surface area contributed by atoms with Gasteiger partial charge in [0.25, 0.3) is 0 Å². The highest BCUT2D eigenvalue weighted by atomic mass is 16.6. The molecule has 40 heavy (non-hydrogen) atoms. The Balaban J connectivity index is 1.39. The molecule has 0 N–H and O–H groups in total. The molecule has 0 heterocycles. The van der Waals surface area contributed by atoms with Gasteiger partial charge in [-0.2, -0.15) is 0 Å². The van der Waals surface area contributed by atoms with Crippen molar-refractivity contribution in [2.45, 2.75) is 13.3 Å². The maximum atomic E-state index is 12.9. The van der Waals surface area contributed by atoms with Crippen molar-refractivity contribution in [2.75, 3.05) is 20.3 Å². The van der Waals surface area contributed by atoms with Crippen LogP contribution in [0.25, 0.3) is 10.8 Å². The third-order valence-electron chi connectivity index (χ3n) is 5.85. The van der Waals surface area contributed by atoms with Crippen molar-refractivity contribution >= 4 is 28.7 Å². The summed E-state index contributed by atoms with van der Waals surface area (Å²) in [6, 6.07) is 22.2. The van der Waals surface area contributed by atoms with E-state index in [1.807, 2.05) is 31.2 Å². The molecule has 0 saturated heterocycles. The van der Waals surface area contributed by atoms with Crippen LogP contribution in [0.5, 0.6) is 23.0 Å². The molecule has 4 aromatic rings. The summed E-state index contributed by atoms with van der Waals surface area (Å²) in [7, 11) is 1.42. The molecule has 0 radical (unpaired) electrons. The molecule has 0 saturated carbocycles. The Morgan fingerprint density at radius 3 is 2.12 bits per heavy atom. The van der Waals surface area contributed by atoms with Gasteiger partial charge in [-0.05, 0) is 72.3 Å². The minimum Gasteiger partial charge on any atom is -0.493 e. The number of ether oxygens (including phenoxy) is 5. The molecule has 0 aliphatic carbocycles. The summed E-state index contributed by atoms with van der Waals surface area (Å²) < 4.78 is 27.0. The zero-order chi connectivity index (χ0) is 28.5. The van der Waals surface area contributed by atoms with Crippen LogP contribution < -0.4 is 18.9 Å².